The number of hydrogen-bond donors (Lipinski definition) is 2. The molecule has 0 heterocycles. The second-order valence-electron chi connectivity index (χ2n) is 6.12. The third kappa shape index (κ3) is 6.95. The molecule has 0 unspecified atom stereocenters. The zero-order chi connectivity index (χ0) is 21.1. The lowest BCUT2D eigenvalue weighted by molar-refractivity contribution is -0.116. The number of benzene rings is 2. The summed E-state index contributed by atoms with van der Waals surface area (Å²) < 4.78 is 24.4. The molecule has 0 aliphatic heterocycles. The number of rotatable bonds is 10. The van der Waals surface area contributed by atoms with E-state index in [0.29, 0.717) is 18.1 Å². The lowest BCUT2D eigenvalue weighted by atomic mass is 10.2. The van der Waals surface area contributed by atoms with Crippen LogP contribution in [0.25, 0.3) is 6.08 Å². The highest BCUT2D eigenvalue weighted by Crippen LogP contribution is 2.28. The van der Waals surface area contributed by atoms with Crippen molar-refractivity contribution < 1.29 is 23.5 Å². The number of amides is 2. The van der Waals surface area contributed by atoms with Gasteiger partial charge in [-0.25, -0.2) is 4.39 Å². The standard InChI is InChI=1S/C22H25FN2O4/c1-3-14-29-19-10-8-16(15-20(19)28-2)9-11-21(26)24-12-13-25-22(27)17-6-4-5-7-18(17)23/h4-11,15H,3,12-14H2,1-2H3,(H,24,26)(H,25,27)/b11-9+. The van der Waals surface area contributed by atoms with Crippen LogP contribution in [-0.4, -0.2) is 38.6 Å². The van der Waals surface area contributed by atoms with Crippen molar-refractivity contribution in [3.05, 3.63) is 65.5 Å². The zero-order valence-corrected chi connectivity index (χ0v) is 16.5. The maximum absolute atomic E-state index is 13.5. The SMILES string of the molecule is CCCOc1ccc(/C=C/C(=O)NCCNC(=O)c2ccccc2F)cc1OC. The van der Waals surface area contributed by atoms with Gasteiger partial charge in [-0.05, 0) is 42.3 Å². The highest BCUT2D eigenvalue weighted by atomic mass is 19.1. The fourth-order valence-electron chi connectivity index (χ4n) is 2.45. The molecule has 7 heteroatoms. The molecule has 29 heavy (non-hydrogen) atoms. The molecule has 2 rings (SSSR count). The topological polar surface area (TPSA) is 76.7 Å². The molecule has 0 saturated carbocycles. The molecule has 0 atom stereocenters. The second-order valence-corrected chi connectivity index (χ2v) is 6.12. The summed E-state index contributed by atoms with van der Waals surface area (Å²) in [6, 6.07) is 11.1. The molecule has 2 aromatic carbocycles. The first kappa shape index (κ1) is 21.9. The molecule has 0 saturated heterocycles. The van der Waals surface area contributed by atoms with E-state index >= 15 is 0 Å². The maximum atomic E-state index is 13.5. The summed E-state index contributed by atoms with van der Waals surface area (Å²) in [5.74, 6) is -0.169. The number of hydrogen-bond acceptors (Lipinski definition) is 4. The third-order valence-electron chi connectivity index (χ3n) is 3.90. The van der Waals surface area contributed by atoms with E-state index in [9.17, 15) is 14.0 Å². The summed E-state index contributed by atoms with van der Waals surface area (Å²) in [5.41, 5.74) is 0.757. The minimum absolute atomic E-state index is 0.0287. The van der Waals surface area contributed by atoms with E-state index in [1.54, 1.807) is 31.4 Å². The van der Waals surface area contributed by atoms with Gasteiger partial charge in [0.2, 0.25) is 5.91 Å². The Balaban J connectivity index is 1.79. The van der Waals surface area contributed by atoms with Crippen molar-refractivity contribution in [2.75, 3.05) is 26.8 Å². The van der Waals surface area contributed by atoms with Crippen LogP contribution in [0.5, 0.6) is 11.5 Å². The first-order valence-electron chi connectivity index (χ1n) is 9.34. The summed E-state index contributed by atoms with van der Waals surface area (Å²) >= 11 is 0. The number of nitrogens with one attached hydrogen (secondary N) is 2. The largest absolute Gasteiger partial charge is 0.493 e. The molecule has 154 valence electrons. The Morgan fingerprint density at radius 1 is 1.07 bits per heavy atom. The zero-order valence-electron chi connectivity index (χ0n) is 16.5. The number of halogens is 1. The minimum Gasteiger partial charge on any atom is -0.493 e. The Morgan fingerprint density at radius 2 is 1.83 bits per heavy atom. The Hall–Kier alpha value is -3.35. The van der Waals surface area contributed by atoms with E-state index in [0.717, 1.165) is 12.0 Å². The van der Waals surface area contributed by atoms with Crippen molar-refractivity contribution in [3.8, 4) is 11.5 Å². The van der Waals surface area contributed by atoms with E-state index in [4.69, 9.17) is 9.47 Å². The first-order chi connectivity index (χ1) is 14.0. The lowest BCUT2D eigenvalue weighted by Crippen LogP contribution is -2.34. The highest BCUT2D eigenvalue weighted by molar-refractivity contribution is 5.94. The van der Waals surface area contributed by atoms with Crippen LogP contribution in [0.15, 0.2) is 48.5 Å². The molecule has 2 N–H and O–H groups in total. The molecule has 0 aliphatic rings. The molecule has 0 fully saturated rings. The molecule has 2 amide bonds. The number of carbonyl (C=O) groups excluding carboxylic acids is 2. The van der Waals surface area contributed by atoms with Gasteiger partial charge >= 0.3 is 0 Å². The number of methoxy groups -OCH3 is 1. The fourth-order valence-corrected chi connectivity index (χ4v) is 2.45. The fraction of sp³-hybridized carbons (Fsp3) is 0.273. The molecule has 2 aromatic rings. The van der Waals surface area contributed by atoms with E-state index in [1.807, 2.05) is 13.0 Å². The molecular formula is C22H25FN2O4. The molecule has 0 bridgehead atoms. The van der Waals surface area contributed by atoms with Crippen LogP contribution in [0.4, 0.5) is 4.39 Å². The number of ether oxygens (including phenoxy) is 2. The van der Waals surface area contributed by atoms with E-state index in [1.165, 1.54) is 24.3 Å². The van der Waals surface area contributed by atoms with Crippen LogP contribution in [0.2, 0.25) is 0 Å². The monoisotopic (exact) mass is 400 g/mol. The van der Waals surface area contributed by atoms with Crippen molar-refractivity contribution >= 4 is 17.9 Å². The molecular weight excluding hydrogens is 375 g/mol. The molecule has 6 nitrogen and oxygen atoms in total. The lowest BCUT2D eigenvalue weighted by Gasteiger charge is -2.10. The average Bonchev–Trinajstić information content (AvgIpc) is 2.74. The Kier molecular flexibility index (Phi) is 8.69. The van der Waals surface area contributed by atoms with Crippen molar-refractivity contribution in [1.29, 1.82) is 0 Å². The molecule has 0 aliphatic carbocycles. The summed E-state index contributed by atoms with van der Waals surface area (Å²) in [7, 11) is 1.56. The van der Waals surface area contributed by atoms with Crippen molar-refractivity contribution in [1.82, 2.24) is 10.6 Å². The third-order valence-corrected chi connectivity index (χ3v) is 3.90. The highest BCUT2D eigenvalue weighted by Gasteiger charge is 2.09. The van der Waals surface area contributed by atoms with Gasteiger partial charge in [-0.15, -0.1) is 0 Å². The van der Waals surface area contributed by atoms with Crippen LogP contribution >= 0.6 is 0 Å². The predicted octanol–water partition coefficient (Wildman–Crippen LogP) is 3.18. The normalized spacial score (nSPS) is 10.6. The average molecular weight is 400 g/mol. The van der Waals surface area contributed by atoms with Crippen molar-refractivity contribution in [3.63, 3.8) is 0 Å². The van der Waals surface area contributed by atoms with Crippen LogP contribution in [0, 0.1) is 5.82 Å². The summed E-state index contributed by atoms with van der Waals surface area (Å²) in [4.78, 5) is 23.8. The molecule has 0 spiro atoms. The van der Waals surface area contributed by atoms with Gasteiger partial charge in [0, 0.05) is 19.2 Å². The van der Waals surface area contributed by atoms with E-state index in [-0.39, 0.29) is 24.6 Å². The second kappa shape index (κ2) is 11.5. The van der Waals surface area contributed by atoms with E-state index < -0.39 is 11.7 Å². The van der Waals surface area contributed by atoms with Crippen molar-refractivity contribution in [2.24, 2.45) is 0 Å². The Labute approximate surface area is 169 Å². The summed E-state index contributed by atoms with van der Waals surface area (Å²) in [6.07, 6.45) is 3.94. The smallest absolute Gasteiger partial charge is 0.254 e. The van der Waals surface area contributed by atoms with Crippen LogP contribution in [-0.2, 0) is 4.79 Å². The van der Waals surface area contributed by atoms with Gasteiger partial charge in [0.1, 0.15) is 5.82 Å². The van der Waals surface area contributed by atoms with Gasteiger partial charge < -0.3 is 20.1 Å². The number of carbonyl (C=O) groups is 2. The minimum atomic E-state index is -0.585. The maximum Gasteiger partial charge on any atom is 0.254 e. The van der Waals surface area contributed by atoms with Crippen LogP contribution in [0.3, 0.4) is 0 Å². The van der Waals surface area contributed by atoms with E-state index in [2.05, 4.69) is 10.6 Å². The first-order valence-corrected chi connectivity index (χ1v) is 9.34. The van der Waals surface area contributed by atoms with Gasteiger partial charge in [-0.2, -0.15) is 0 Å². The van der Waals surface area contributed by atoms with Gasteiger partial charge in [0.15, 0.2) is 11.5 Å². The molecule has 0 aromatic heterocycles. The Bertz CT molecular complexity index is 868. The van der Waals surface area contributed by atoms with Crippen molar-refractivity contribution in [2.45, 2.75) is 13.3 Å². The van der Waals surface area contributed by atoms with Crippen LogP contribution < -0.4 is 20.1 Å². The van der Waals surface area contributed by atoms with Gasteiger partial charge in [-0.3, -0.25) is 9.59 Å². The Morgan fingerprint density at radius 3 is 2.55 bits per heavy atom. The van der Waals surface area contributed by atoms with Gasteiger partial charge in [-0.1, -0.05) is 25.1 Å². The predicted molar refractivity (Wildman–Crippen MR) is 110 cm³/mol. The molecule has 0 radical (unpaired) electrons. The van der Waals surface area contributed by atoms with Gasteiger partial charge in [0.25, 0.3) is 5.91 Å². The van der Waals surface area contributed by atoms with Gasteiger partial charge in [0.05, 0.1) is 19.3 Å². The summed E-state index contributed by atoms with van der Waals surface area (Å²) in [6.45, 7) is 3.02. The quantitative estimate of drug-likeness (QED) is 0.474. The van der Waals surface area contributed by atoms with Crippen LogP contribution in [0.1, 0.15) is 29.3 Å². The summed E-state index contributed by atoms with van der Waals surface area (Å²) in [5, 5.41) is 5.21.